The van der Waals surface area contributed by atoms with E-state index in [1.165, 1.54) is 0 Å². The normalized spacial score (nSPS) is 10.5. The highest BCUT2D eigenvalue weighted by atomic mass is 35.5. The molecule has 6 heteroatoms. The molecule has 0 atom stereocenters. The molecule has 1 aromatic heterocycles. The molecule has 0 aliphatic carbocycles. The Kier molecular flexibility index (Phi) is 6.32. The summed E-state index contributed by atoms with van der Waals surface area (Å²) in [5, 5.41) is 6.85. The average molecular weight is 400 g/mol. The van der Waals surface area contributed by atoms with Gasteiger partial charge in [0.2, 0.25) is 0 Å². The highest BCUT2D eigenvalue weighted by Crippen LogP contribution is 2.22. The predicted molar refractivity (Wildman–Crippen MR) is 112 cm³/mol. The van der Waals surface area contributed by atoms with Crippen LogP contribution in [0.15, 0.2) is 60.8 Å². The average Bonchev–Trinajstić information content (AvgIpc) is 2.64. The molecule has 2 N–H and O–H groups in total. The zero-order chi connectivity index (χ0) is 19.2. The lowest BCUT2D eigenvalue weighted by Gasteiger charge is -2.09. The number of hydrogen-bond acceptors (Lipinski definition) is 2. The Labute approximate surface area is 168 Å². The summed E-state index contributed by atoms with van der Waals surface area (Å²) in [6, 6.07) is 16.8. The molecular weight excluding hydrogens is 381 g/mol. The van der Waals surface area contributed by atoms with Crippen molar-refractivity contribution in [1.29, 1.82) is 0 Å². The minimum atomic E-state index is -0.257. The van der Waals surface area contributed by atoms with E-state index in [9.17, 15) is 4.79 Å². The van der Waals surface area contributed by atoms with Gasteiger partial charge in [0.25, 0.3) is 0 Å². The van der Waals surface area contributed by atoms with E-state index in [1.807, 2.05) is 49.4 Å². The van der Waals surface area contributed by atoms with Gasteiger partial charge >= 0.3 is 6.03 Å². The van der Waals surface area contributed by atoms with Crippen molar-refractivity contribution >= 4 is 34.9 Å². The standard InChI is InChI=1S/C21H19Cl2N3O/c1-14-12-17(9-10-24-14)15-3-6-19(7-4-15)26-21(27)25-11-8-16-2-5-18(22)13-20(16)23/h2-7,9-10,12-13H,8,11H2,1H3,(H2,25,26,27). The Morgan fingerprint density at radius 1 is 1.00 bits per heavy atom. The number of pyridine rings is 1. The molecule has 0 aliphatic heterocycles. The molecule has 2 amide bonds. The van der Waals surface area contributed by atoms with Crippen LogP contribution in [-0.4, -0.2) is 17.6 Å². The van der Waals surface area contributed by atoms with E-state index in [0.29, 0.717) is 23.0 Å². The van der Waals surface area contributed by atoms with E-state index in [4.69, 9.17) is 23.2 Å². The first-order valence-corrected chi connectivity index (χ1v) is 9.29. The van der Waals surface area contributed by atoms with Crippen molar-refractivity contribution in [2.24, 2.45) is 0 Å². The summed E-state index contributed by atoms with van der Waals surface area (Å²) in [5.41, 5.74) is 4.81. The number of halogens is 2. The smallest absolute Gasteiger partial charge is 0.319 e. The van der Waals surface area contributed by atoms with Gasteiger partial charge in [0.15, 0.2) is 0 Å². The lowest BCUT2D eigenvalue weighted by Crippen LogP contribution is -2.30. The second-order valence-corrected chi connectivity index (χ2v) is 6.97. The molecule has 138 valence electrons. The number of aryl methyl sites for hydroxylation is 1. The van der Waals surface area contributed by atoms with E-state index in [1.54, 1.807) is 18.3 Å². The van der Waals surface area contributed by atoms with Gasteiger partial charge in [-0.1, -0.05) is 41.4 Å². The minimum Gasteiger partial charge on any atom is -0.338 e. The maximum Gasteiger partial charge on any atom is 0.319 e. The van der Waals surface area contributed by atoms with Crippen molar-refractivity contribution in [2.75, 3.05) is 11.9 Å². The number of aromatic nitrogens is 1. The molecule has 0 unspecified atom stereocenters. The Morgan fingerprint density at radius 3 is 2.48 bits per heavy atom. The highest BCUT2D eigenvalue weighted by Gasteiger charge is 2.05. The van der Waals surface area contributed by atoms with Crippen molar-refractivity contribution in [3.05, 3.63) is 82.1 Å². The molecule has 3 rings (SSSR count). The summed E-state index contributed by atoms with van der Waals surface area (Å²) >= 11 is 12.0. The van der Waals surface area contributed by atoms with Gasteiger partial charge in [-0.3, -0.25) is 4.98 Å². The Morgan fingerprint density at radius 2 is 1.78 bits per heavy atom. The summed E-state index contributed by atoms with van der Waals surface area (Å²) in [5.74, 6) is 0. The second-order valence-electron chi connectivity index (χ2n) is 6.13. The van der Waals surface area contributed by atoms with Crippen molar-refractivity contribution < 1.29 is 4.79 Å². The monoisotopic (exact) mass is 399 g/mol. The van der Waals surface area contributed by atoms with Crippen LogP contribution in [0.1, 0.15) is 11.3 Å². The molecule has 0 spiro atoms. The topological polar surface area (TPSA) is 54.0 Å². The summed E-state index contributed by atoms with van der Waals surface area (Å²) in [4.78, 5) is 16.3. The molecule has 0 fully saturated rings. The molecule has 4 nitrogen and oxygen atoms in total. The van der Waals surface area contributed by atoms with Crippen LogP contribution in [-0.2, 0) is 6.42 Å². The number of rotatable bonds is 5. The SMILES string of the molecule is Cc1cc(-c2ccc(NC(=O)NCCc3ccc(Cl)cc3Cl)cc2)ccn1. The summed E-state index contributed by atoms with van der Waals surface area (Å²) in [7, 11) is 0. The number of urea groups is 1. The minimum absolute atomic E-state index is 0.257. The van der Waals surface area contributed by atoms with Gasteiger partial charge in [0.05, 0.1) is 0 Å². The van der Waals surface area contributed by atoms with Gasteiger partial charge < -0.3 is 10.6 Å². The molecule has 1 heterocycles. The molecule has 0 saturated carbocycles. The van der Waals surface area contributed by atoms with Gasteiger partial charge in [-0.25, -0.2) is 4.79 Å². The molecule has 27 heavy (non-hydrogen) atoms. The molecule has 0 saturated heterocycles. The summed E-state index contributed by atoms with van der Waals surface area (Å²) in [6.45, 7) is 2.43. The van der Waals surface area contributed by atoms with Crippen molar-refractivity contribution in [3.8, 4) is 11.1 Å². The van der Waals surface area contributed by atoms with Crippen LogP contribution in [0.5, 0.6) is 0 Å². The van der Waals surface area contributed by atoms with Crippen LogP contribution < -0.4 is 10.6 Å². The van der Waals surface area contributed by atoms with Crippen molar-refractivity contribution in [1.82, 2.24) is 10.3 Å². The first-order chi connectivity index (χ1) is 13.0. The maximum atomic E-state index is 12.1. The zero-order valence-electron chi connectivity index (χ0n) is 14.8. The van der Waals surface area contributed by atoms with E-state index < -0.39 is 0 Å². The fourth-order valence-corrected chi connectivity index (χ4v) is 3.18. The third kappa shape index (κ3) is 5.46. The quantitative estimate of drug-likeness (QED) is 0.575. The molecule has 0 bridgehead atoms. The van der Waals surface area contributed by atoms with Gasteiger partial charge in [0, 0.05) is 34.2 Å². The number of nitrogens with one attached hydrogen (secondary N) is 2. The Balaban J connectivity index is 1.52. The van der Waals surface area contributed by atoms with Gasteiger partial charge in [-0.05, 0) is 66.4 Å². The number of nitrogens with zero attached hydrogens (tertiary/aromatic N) is 1. The number of anilines is 1. The number of hydrogen-bond donors (Lipinski definition) is 2. The van der Waals surface area contributed by atoms with Crippen LogP contribution in [0.4, 0.5) is 10.5 Å². The highest BCUT2D eigenvalue weighted by molar-refractivity contribution is 6.35. The molecule has 0 aliphatic rings. The number of carbonyl (C=O) groups is 1. The predicted octanol–water partition coefficient (Wildman–Crippen LogP) is 5.73. The van der Waals surface area contributed by atoms with Crippen molar-refractivity contribution in [2.45, 2.75) is 13.3 Å². The second kappa shape index (κ2) is 8.89. The van der Waals surface area contributed by atoms with Gasteiger partial charge in [-0.15, -0.1) is 0 Å². The molecule has 0 radical (unpaired) electrons. The molecular formula is C21H19Cl2N3O. The number of amides is 2. The number of carbonyl (C=O) groups excluding carboxylic acids is 1. The lowest BCUT2D eigenvalue weighted by atomic mass is 10.1. The van der Waals surface area contributed by atoms with Crippen LogP contribution in [0.2, 0.25) is 10.0 Å². The Bertz CT molecular complexity index is 942. The third-order valence-electron chi connectivity index (χ3n) is 4.07. The van der Waals surface area contributed by atoms with Crippen LogP contribution >= 0.6 is 23.2 Å². The maximum absolute atomic E-state index is 12.1. The first kappa shape index (κ1) is 19.2. The van der Waals surface area contributed by atoms with Crippen LogP contribution in [0, 0.1) is 6.92 Å². The van der Waals surface area contributed by atoms with E-state index >= 15 is 0 Å². The zero-order valence-corrected chi connectivity index (χ0v) is 16.3. The fraction of sp³-hybridized carbons (Fsp3) is 0.143. The molecule has 2 aromatic carbocycles. The van der Waals surface area contributed by atoms with Gasteiger partial charge in [-0.2, -0.15) is 0 Å². The largest absolute Gasteiger partial charge is 0.338 e. The Hall–Kier alpha value is -2.56. The number of benzene rings is 2. The first-order valence-electron chi connectivity index (χ1n) is 8.53. The molecule has 3 aromatic rings. The summed E-state index contributed by atoms with van der Waals surface area (Å²) in [6.07, 6.45) is 2.42. The summed E-state index contributed by atoms with van der Waals surface area (Å²) < 4.78 is 0. The van der Waals surface area contributed by atoms with Crippen molar-refractivity contribution in [3.63, 3.8) is 0 Å². The third-order valence-corrected chi connectivity index (χ3v) is 4.65. The van der Waals surface area contributed by atoms with Crippen LogP contribution in [0.25, 0.3) is 11.1 Å². The lowest BCUT2D eigenvalue weighted by molar-refractivity contribution is 0.252. The van der Waals surface area contributed by atoms with Gasteiger partial charge in [0.1, 0.15) is 0 Å². The van der Waals surface area contributed by atoms with E-state index in [-0.39, 0.29) is 6.03 Å². The fourth-order valence-electron chi connectivity index (χ4n) is 2.68. The van der Waals surface area contributed by atoms with E-state index in [2.05, 4.69) is 15.6 Å². The van der Waals surface area contributed by atoms with E-state index in [0.717, 1.165) is 28.1 Å². The van der Waals surface area contributed by atoms with Crippen LogP contribution in [0.3, 0.4) is 0 Å².